The fourth-order valence-electron chi connectivity index (χ4n) is 3.06. The van der Waals surface area contributed by atoms with E-state index >= 15 is 0 Å². The molecule has 2 aromatic carbocycles. The Hall–Kier alpha value is -2.66. The zero-order valence-corrected chi connectivity index (χ0v) is 13.7. The van der Waals surface area contributed by atoms with Gasteiger partial charge < -0.3 is 9.64 Å². The Kier molecular flexibility index (Phi) is 4.01. The Bertz CT molecular complexity index is 815. The Labute approximate surface area is 141 Å². The molecule has 0 amide bonds. The van der Waals surface area contributed by atoms with Gasteiger partial charge in [-0.15, -0.1) is 5.10 Å². The Morgan fingerprint density at radius 2 is 1.88 bits per heavy atom. The maximum absolute atomic E-state index is 5.90. The summed E-state index contributed by atoms with van der Waals surface area (Å²) in [5, 5.41) is 8.63. The molecule has 0 radical (unpaired) electrons. The topological polar surface area (TPSA) is 43.2 Å². The van der Waals surface area contributed by atoms with Crippen molar-refractivity contribution in [2.24, 2.45) is 0 Å². The standard InChI is InChI=1S/C19H20N4O/c1-15-7-5-6-8-16(15)13-22-14-18(20-21-22)19-23(11-12-24-19)17-9-3-2-4-10-17/h2-10,14,19H,11-13H2,1H3/t19-/m0/s1. The number of benzene rings is 2. The van der Waals surface area contributed by atoms with Crippen LogP contribution in [0.15, 0.2) is 60.8 Å². The second-order valence-electron chi connectivity index (χ2n) is 6.02. The lowest BCUT2D eigenvalue weighted by Crippen LogP contribution is -2.23. The highest BCUT2D eigenvalue weighted by Crippen LogP contribution is 2.30. The third-order valence-corrected chi connectivity index (χ3v) is 4.38. The maximum atomic E-state index is 5.90. The molecule has 1 aromatic heterocycles. The van der Waals surface area contributed by atoms with Crippen molar-refractivity contribution in [1.82, 2.24) is 15.0 Å². The highest BCUT2D eigenvalue weighted by molar-refractivity contribution is 5.48. The van der Waals surface area contributed by atoms with Gasteiger partial charge in [0.15, 0.2) is 6.23 Å². The van der Waals surface area contributed by atoms with E-state index in [1.807, 2.05) is 29.1 Å². The van der Waals surface area contributed by atoms with Gasteiger partial charge in [-0.2, -0.15) is 0 Å². The molecule has 0 unspecified atom stereocenters. The van der Waals surface area contributed by atoms with Gasteiger partial charge in [-0.3, -0.25) is 0 Å². The first-order valence-electron chi connectivity index (χ1n) is 8.19. The molecule has 2 heterocycles. The van der Waals surface area contributed by atoms with Gasteiger partial charge in [-0.1, -0.05) is 47.7 Å². The average Bonchev–Trinajstić information content (AvgIpc) is 3.27. The predicted octanol–water partition coefficient (Wildman–Crippen LogP) is 3.17. The van der Waals surface area contributed by atoms with Gasteiger partial charge in [0.2, 0.25) is 0 Å². The number of hydrogen-bond acceptors (Lipinski definition) is 4. The first kappa shape index (κ1) is 14.9. The number of hydrogen-bond donors (Lipinski definition) is 0. The lowest BCUT2D eigenvalue weighted by atomic mass is 10.1. The summed E-state index contributed by atoms with van der Waals surface area (Å²) in [6, 6.07) is 18.6. The smallest absolute Gasteiger partial charge is 0.177 e. The SMILES string of the molecule is Cc1ccccc1Cn1cc([C@@H]2OCCN2c2ccccc2)nn1. The van der Waals surface area contributed by atoms with Gasteiger partial charge in [0, 0.05) is 12.2 Å². The first-order valence-corrected chi connectivity index (χ1v) is 8.19. The molecule has 5 heteroatoms. The normalized spacial score (nSPS) is 17.4. The third-order valence-electron chi connectivity index (χ3n) is 4.38. The number of anilines is 1. The van der Waals surface area contributed by atoms with Crippen LogP contribution in [0.3, 0.4) is 0 Å². The minimum Gasteiger partial charge on any atom is -0.350 e. The highest BCUT2D eigenvalue weighted by atomic mass is 16.5. The molecule has 0 N–H and O–H groups in total. The van der Waals surface area contributed by atoms with Gasteiger partial charge in [0.1, 0.15) is 5.69 Å². The fraction of sp³-hybridized carbons (Fsp3) is 0.263. The fourth-order valence-corrected chi connectivity index (χ4v) is 3.06. The molecule has 1 aliphatic rings. The van der Waals surface area contributed by atoms with Gasteiger partial charge in [-0.05, 0) is 30.2 Å². The van der Waals surface area contributed by atoms with E-state index in [9.17, 15) is 0 Å². The minimum atomic E-state index is -0.168. The Morgan fingerprint density at radius 3 is 2.71 bits per heavy atom. The van der Waals surface area contributed by atoms with Crippen molar-refractivity contribution in [3.63, 3.8) is 0 Å². The van der Waals surface area contributed by atoms with E-state index in [-0.39, 0.29) is 6.23 Å². The quantitative estimate of drug-likeness (QED) is 0.740. The van der Waals surface area contributed by atoms with Crippen LogP contribution in [0.5, 0.6) is 0 Å². The number of nitrogens with zero attached hydrogens (tertiary/aromatic N) is 4. The van der Waals surface area contributed by atoms with Crippen LogP contribution in [0.1, 0.15) is 23.0 Å². The van der Waals surface area contributed by atoms with Crippen molar-refractivity contribution in [3.8, 4) is 0 Å². The summed E-state index contributed by atoms with van der Waals surface area (Å²) in [5.41, 5.74) is 4.51. The summed E-state index contributed by atoms with van der Waals surface area (Å²) in [6.45, 7) is 4.39. The highest BCUT2D eigenvalue weighted by Gasteiger charge is 2.29. The molecule has 3 aromatic rings. The molecule has 0 bridgehead atoms. The van der Waals surface area contributed by atoms with E-state index in [1.54, 1.807) is 0 Å². The molecule has 0 saturated carbocycles. The van der Waals surface area contributed by atoms with Crippen molar-refractivity contribution in [2.75, 3.05) is 18.1 Å². The van der Waals surface area contributed by atoms with Crippen molar-refractivity contribution >= 4 is 5.69 Å². The molecule has 4 rings (SSSR count). The van der Waals surface area contributed by atoms with Crippen LogP contribution < -0.4 is 4.90 Å². The van der Waals surface area contributed by atoms with E-state index < -0.39 is 0 Å². The second-order valence-corrected chi connectivity index (χ2v) is 6.02. The van der Waals surface area contributed by atoms with Crippen LogP contribution in [0, 0.1) is 6.92 Å². The summed E-state index contributed by atoms with van der Waals surface area (Å²) in [5.74, 6) is 0. The van der Waals surface area contributed by atoms with Gasteiger partial charge in [0.25, 0.3) is 0 Å². The summed E-state index contributed by atoms with van der Waals surface area (Å²) in [6.07, 6.45) is 1.82. The zero-order chi connectivity index (χ0) is 16.4. The summed E-state index contributed by atoms with van der Waals surface area (Å²) in [7, 11) is 0. The van der Waals surface area contributed by atoms with Gasteiger partial charge >= 0.3 is 0 Å². The van der Waals surface area contributed by atoms with Crippen LogP contribution in [0.25, 0.3) is 0 Å². The molecule has 1 aliphatic heterocycles. The molecule has 0 spiro atoms. The molecule has 122 valence electrons. The van der Waals surface area contributed by atoms with Crippen molar-refractivity contribution in [2.45, 2.75) is 19.7 Å². The summed E-state index contributed by atoms with van der Waals surface area (Å²) in [4.78, 5) is 2.22. The molecule has 24 heavy (non-hydrogen) atoms. The van der Waals surface area contributed by atoms with E-state index in [0.29, 0.717) is 6.61 Å². The van der Waals surface area contributed by atoms with Crippen LogP contribution in [-0.2, 0) is 11.3 Å². The van der Waals surface area contributed by atoms with Crippen molar-refractivity contribution in [3.05, 3.63) is 77.6 Å². The van der Waals surface area contributed by atoms with E-state index in [2.05, 4.69) is 58.5 Å². The van der Waals surface area contributed by atoms with Crippen molar-refractivity contribution in [1.29, 1.82) is 0 Å². The largest absolute Gasteiger partial charge is 0.350 e. The van der Waals surface area contributed by atoms with Gasteiger partial charge in [0.05, 0.1) is 19.3 Å². The van der Waals surface area contributed by atoms with Crippen molar-refractivity contribution < 1.29 is 4.74 Å². The van der Waals surface area contributed by atoms with E-state index in [4.69, 9.17) is 4.74 Å². The average molecular weight is 320 g/mol. The molecule has 0 aliphatic carbocycles. The number of ether oxygens (including phenoxy) is 1. The lowest BCUT2D eigenvalue weighted by molar-refractivity contribution is 0.110. The number of para-hydroxylation sites is 1. The molecule has 1 fully saturated rings. The minimum absolute atomic E-state index is 0.168. The maximum Gasteiger partial charge on any atom is 0.177 e. The number of aromatic nitrogens is 3. The second kappa shape index (κ2) is 6.45. The van der Waals surface area contributed by atoms with Crippen LogP contribution >= 0.6 is 0 Å². The lowest BCUT2D eigenvalue weighted by Gasteiger charge is -2.23. The van der Waals surface area contributed by atoms with E-state index in [0.717, 1.165) is 24.5 Å². The predicted molar refractivity (Wildman–Crippen MR) is 92.8 cm³/mol. The van der Waals surface area contributed by atoms with Crippen LogP contribution in [0.4, 0.5) is 5.69 Å². The molecular formula is C19H20N4O. The van der Waals surface area contributed by atoms with Crippen LogP contribution in [-0.4, -0.2) is 28.1 Å². The van der Waals surface area contributed by atoms with Gasteiger partial charge in [-0.25, -0.2) is 4.68 Å². The summed E-state index contributed by atoms with van der Waals surface area (Å²) >= 11 is 0. The third kappa shape index (κ3) is 2.90. The first-order chi connectivity index (χ1) is 11.8. The van der Waals surface area contributed by atoms with E-state index in [1.165, 1.54) is 11.1 Å². The Morgan fingerprint density at radius 1 is 1.08 bits per heavy atom. The summed E-state index contributed by atoms with van der Waals surface area (Å²) < 4.78 is 7.78. The van der Waals surface area contributed by atoms with Crippen LogP contribution in [0.2, 0.25) is 0 Å². The monoisotopic (exact) mass is 320 g/mol. The number of rotatable bonds is 4. The molecule has 1 saturated heterocycles. The molecule has 1 atom stereocenters. The molecular weight excluding hydrogens is 300 g/mol. The Balaban J connectivity index is 1.55. The molecule has 5 nitrogen and oxygen atoms in total. The zero-order valence-electron chi connectivity index (χ0n) is 13.7. The number of aryl methyl sites for hydroxylation is 1.